The Morgan fingerprint density at radius 3 is 2.40 bits per heavy atom. The molecule has 5 nitrogen and oxygen atoms in total. The molecule has 0 spiro atoms. The van der Waals surface area contributed by atoms with E-state index < -0.39 is 18.5 Å². The molecule has 0 unspecified atom stereocenters. The predicted octanol–water partition coefficient (Wildman–Crippen LogP) is 0.0939. The van der Waals surface area contributed by atoms with E-state index in [2.05, 4.69) is 4.74 Å². The van der Waals surface area contributed by atoms with Crippen molar-refractivity contribution in [3.05, 3.63) is 30.3 Å². The number of amides is 1. The maximum Gasteiger partial charge on any atom is 0.344 e. The van der Waals surface area contributed by atoms with Gasteiger partial charge >= 0.3 is 5.97 Å². The summed E-state index contributed by atoms with van der Waals surface area (Å²) in [6.45, 7) is -0.658. The van der Waals surface area contributed by atoms with Gasteiger partial charge < -0.3 is 15.2 Å². The van der Waals surface area contributed by atoms with Crippen molar-refractivity contribution in [3.63, 3.8) is 0 Å². The van der Waals surface area contributed by atoms with Crippen LogP contribution < -0.4 is 10.5 Å². The van der Waals surface area contributed by atoms with Crippen LogP contribution >= 0.6 is 0 Å². The lowest BCUT2D eigenvalue weighted by atomic mass is 10.3. The Morgan fingerprint density at radius 2 is 1.80 bits per heavy atom. The predicted molar refractivity (Wildman–Crippen MR) is 52.1 cm³/mol. The molecule has 0 aromatic heterocycles. The molecule has 80 valence electrons. The van der Waals surface area contributed by atoms with Gasteiger partial charge in [-0.1, -0.05) is 18.2 Å². The number of carbonyl (C=O) groups is 2. The first-order valence-corrected chi connectivity index (χ1v) is 4.30. The zero-order chi connectivity index (χ0) is 11.1. The second-order valence-electron chi connectivity index (χ2n) is 2.73. The van der Waals surface area contributed by atoms with Crippen molar-refractivity contribution in [3.8, 4) is 5.75 Å². The van der Waals surface area contributed by atoms with E-state index in [0.29, 0.717) is 5.75 Å². The molecule has 2 N–H and O–H groups in total. The van der Waals surface area contributed by atoms with Crippen LogP contribution in [0.25, 0.3) is 0 Å². The Labute approximate surface area is 86.8 Å². The number of carbonyl (C=O) groups excluding carboxylic acids is 2. The van der Waals surface area contributed by atoms with Crippen molar-refractivity contribution < 1.29 is 19.1 Å². The summed E-state index contributed by atoms with van der Waals surface area (Å²) in [5.74, 6) is -0.755. The quantitative estimate of drug-likeness (QED) is 0.697. The standard InChI is InChI=1S/C10H11NO4/c11-9(12)6-15-10(13)7-14-8-4-2-1-3-5-8/h1-5H,6-7H2,(H2,11,12). The lowest BCUT2D eigenvalue weighted by molar-refractivity contribution is -0.149. The summed E-state index contributed by atoms with van der Waals surface area (Å²) in [6.07, 6.45) is 0. The first-order chi connectivity index (χ1) is 7.18. The molecule has 1 amide bonds. The van der Waals surface area contributed by atoms with E-state index >= 15 is 0 Å². The first-order valence-electron chi connectivity index (χ1n) is 4.30. The Balaban J connectivity index is 2.26. The highest BCUT2D eigenvalue weighted by Gasteiger charge is 2.05. The van der Waals surface area contributed by atoms with Gasteiger partial charge in [-0.3, -0.25) is 4.79 Å². The van der Waals surface area contributed by atoms with Crippen LogP contribution in [0.15, 0.2) is 30.3 Å². The molecule has 0 saturated carbocycles. The molecule has 0 aliphatic heterocycles. The maximum absolute atomic E-state index is 11.0. The van der Waals surface area contributed by atoms with Crippen molar-refractivity contribution in [2.45, 2.75) is 0 Å². The van der Waals surface area contributed by atoms with E-state index in [-0.39, 0.29) is 6.61 Å². The van der Waals surface area contributed by atoms with Gasteiger partial charge in [0.15, 0.2) is 13.2 Å². The Bertz CT molecular complexity index is 337. The topological polar surface area (TPSA) is 78.6 Å². The van der Waals surface area contributed by atoms with Crippen LogP contribution in [-0.4, -0.2) is 25.1 Å². The summed E-state index contributed by atoms with van der Waals surface area (Å²) in [7, 11) is 0. The molecule has 0 heterocycles. The van der Waals surface area contributed by atoms with Crippen molar-refractivity contribution in [2.24, 2.45) is 5.73 Å². The number of hydrogen-bond donors (Lipinski definition) is 1. The SMILES string of the molecule is NC(=O)COC(=O)COc1ccccc1. The molecule has 5 heteroatoms. The van der Waals surface area contributed by atoms with Gasteiger partial charge in [0.1, 0.15) is 5.75 Å². The molecule has 1 rings (SSSR count). The highest BCUT2D eigenvalue weighted by Crippen LogP contribution is 2.07. The summed E-state index contributed by atoms with van der Waals surface area (Å²) in [5.41, 5.74) is 4.79. The number of esters is 1. The van der Waals surface area contributed by atoms with Crippen LogP contribution in [0, 0.1) is 0 Å². The number of hydrogen-bond acceptors (Lipinski definition) is 4. The average Bonchev–Trinajstić information content (AvgIpc) is 2.25. The third-order valence-electron chi connectivity index (χ3n) is 1.48. The first kappa shape index (κ1) is 11.0. The summed E-state index contributed by atoms with van der Waals surface area (Å²) in [4.78, 5) is 21.2. The van der Waals surface area contributed by atoms with Gasteiger partial charge in [-0.25, -0.2) is 4.79 Å². The number of nitrogens with two attached hydrogens (primary N) is 1. The highest BCUT2D eigenvalue weighted by molar-refractivity contribution is 5.79. The number of para-hydroxylation sites is 1. The Hall–Kier alpha value is -2.04. The van der Waals surface area contributed by atoms with Crippen LogP contribution in [0.4, 0.5) is 0 Å². The smallest absolute Gasteiger partial charge is 0.344 e. The van der Waals surface area contributed by atoms with Gasteiger partial charge in [-0.15, -0.1) is 0 Å². The number of benzene rings is 1. The fraction of sp³-hybridized carbons (Fsp3) is 0.200. The van der Waals surface area contributed by atoms with E-state index in [1.54, 1.807) is 24.3 Å². The van der Waals surface area contributed by atoms with Crippen LogP contribution in [0.2, 0.25) is 0 Å². The molecular formula is C10H11NO4. The summed E-state index contributed by atoms with van der Waals surface area (Å²) >= 11 is 0. The van der Waals surface area contributed by atoms with Crippen LogP contribution in [0.3, 0.4) is 0 Å². The van der Waals surface area contributed by atoms with Gasteiger partial charge in [0.2, 0.25) is 0 Å². The Morgan fingerprint density at radius 1 is 1.13 bits per heavy atom. The Kier molecular flexibility index (Phi) is 4.15. The van der Waals surface area contributed by atoms with Crippen molar-refractivity contribution in [1.82, 2.24) is 0 Å². The molecule has 1 aromatic carbocycles. The summed E-state index contributed by atoms with van der Waals surface area (Å²) < 4.78 is 9.56. The molecule has 0 fully saturated rings. The maximum atomic E-state index is 11.0. The fourth-order valence-corrected chi connectivity index (χ4v) is 0.852. The minimum Gasteiger partial charge on any atom is -0.482 e. The average molecular weight is 209 g/mol. The van der Waals surface area contributed by atoms with Crippen LogP contribution in [0.1, 0.15) is 0 Å². The second kappa shape index (κ2) is 5.64. The number of ether oxygens (including phenoxy) is 2. The lowest BCUT2D eigenvalue weighted by Crippen LogP contribution is -2.23. The molecule has 1 aromatic rings. The third-order valence-corrected chi connectivity index (χ3v) is 1.48. The largest absolute Gasteiger partial charge is 0.482 e. The zero-order valence-electron chi connectivity index (χ0n) is 8.01. The van der Waals surface area contributed by atoms with E-state index in [4.69, 9.17) is 10.5 Å². The molecular weight excluding hydrogens is 198 g/mol. The molecule has 0 atom stereocenters. The molecule has 0 saturated heterocycles. The van der Waals surface area contributed by atoms with Crippen molar-refractivity contribution >= 4 is 11.9 Å². The normalized spacial score (nSPS) is 9.33. The minimum absolute atomic E-state index is 0.239. The van der Waals surface area contributed by atoms with Gasteiger partial charge in [0.05, 0.1) is 0 Å². The molecule has 15 heavy (non-hydrogen) atoms. The molecule has 0 aliphatic rings. The number of primary amides is 1. The van der Waals surface area contributed by atoms with E-state index in [9.17, 15) is 9.59 Å². The van der Waals surface area contributed by atoms with Crippen molar-refractivity contribution in [1.29, 1.82) is 0 Å². The van der Waals surface area contributed by atoms with E-state index in [1.165, 1.54) is 0 Å². The van der Waals surface area contributed by atoms with E-state index in [0.717, 1.165) is 0 Å². The molecule has 0 bridgehead atoms. The minimum atomic E-state index is -0.692. The molecule has 0 radical (unpaired) electrons. The summed E-state index contributed by atoms with van der Waals surface area (Å²) in [6, 6.07) is 8.81. The van der Waals surface area contributed by atoms with Gasteiger partial charge in [0, 0.05) is 0 Å². The van der Waals surface area contributed by atoms with Crippen molar-refractivity contribution in [2.75, 3.05) is 13.2 Å². The monoisotopic (exact) mass is 209 g/mol. The van der Waals surface area contributed by atoms with Gasteiger partial charge in [-0.05, 0) is 12.1 Å². The highest BCUT2D eigenvalue weighted by atomic mass is 16.6. The van der Waals surface area contributed by atoms with Crippen LogP contribution in [0.5, 0.6) is 5.75 Å². The third kappa shape index (κ3) is 4.66. The summed E-state index contributed by atoms with van der Waals surface area (Å²) in [5, 5.41) is 0. The van der Waals surface area contributed by atoms with E-state index in [1.807, 2.05) is 6.07 Å². The van der Waals surface area contributed by atoms with Crippen LogP contribution in [-0.2, 0) is 14.3 Å². The molecule has 0 aliphatic carbocycles. The zero-order valence-corrected chi connectivity index (χ0v) is 8.01. The van der Waals surface area contributed by atoms with Gasteiger partial charge in [0.25, 0.3) is 5.91 Å². The van der Waals surface area contributed by atoms with Gasteiger partial charge in [-0.2, -0.15) is 0 Å². The fourth-order valence-electron chi connectivity index (χ4n) is 0.852. The number of rotatable bonds is 5. The second-order valence-corrected chi connectivity index (χ2v) is 2.73. The lowest BCUT2D eigenvalue weighted by Gasteiger charge is -2.04.